The second-order valence-electron chi connectivity index (χ2n) is 2.56. The lowest BCUT2D eigenvalue weighted by molar-refractivity contribution is 0.0968. The Kier molecular flexibility index (Phi) is 2.05. The van der Waals surface area contributed by atoms with Gasteiger partial charge in [-0.3, -0.25) is 9.48 Å². The molecule has 60 valence electrons. The number of aryl methyl sites for hydroxylation is 1. The number of hydrogen-bond donors (Lipinski definition) is 1. The van der Waals surface area contributed by atoms with Crippen molar-refractivity contribution < 1.29 is 4.79 Å². The smallest absolute Gasteiger partial charge is 0.182 e. The standard InChI is InChI=1S/C7H11N3O/c1-5(8)7(11)6-3-9-10(2)4-6/h3-5H,8H2,1-2H3/t5-/m1/s1. The monoisotopic (exact) mass is 153 g/mol. The zero-order valence-electron chi connectivity index (χ0n) is 6.61. The summed E-state index contributed by atoms with van der Waals surface area (Å²) in [6.45, 7) is 1.66. The maximum absolute atomic E-state index is 11.2. The lowest BCUT2D eigenvalue weighted by Crippen LogP contribution is -2.26. The van der Waals surface area contributed by atoms with E-state index >= 15 is 0 Å². The summed E-state index contributed by atoms with van der Waals surface area (Å²) < 4.78 is 1.58. The number of aromatic nitrogens is 2. The molecule has 0 unspecified atom stereocenters. The number of rotatable bonds is 2. The van der Waals surface area contributed by atoms with Gasteiger partial charge in [0.05, 0.1) is 17.8 Å². The van der Waals surface area contributed by atoms with E-state index in [1.54, 1.807) is 24.9 Å². The molecule has 2 N–H and O–H groups in total. The van der Waals surface area contributed by atoms with E-state index in [0.29, 0.717) is 5.56 Å². The lowest BCUT2D eigenvalue weighted by atomic mass is 10.1. The van der Waals surface area contributed by atoms with Crippen LogP contribution in [0.2, 0.25) is 0 Å². The molecule has 4 heteroatoms. The SMILES string of the molecule is C[C@@H](N)C(=O)c1cnn(C)c1. The first-order chi connectivity index (χ1) is 5.11. The zero-order chi connectivity index (χ0) is 8.43. The third-order valence-electron chi connectivity index (χ3n) is 1.40. The molecule has 0 aliphatic rings. The van der Waals surface area contributed by atoms with Gasteiger partial charge in [-0.05, 0) is 6.92 Å². The van der Waals surface area contributed by atoms with Crippen LogP contribution in [0.3, 0.4) is 0 Å². The van der Waals surface area contributed by atoms with E-state index in [1.165, 1.54) is 6.20 Å². The minimum Gasteiger partial charge on any atom is -0.321 e. The van der Waals surface area contributed by atoms with Crippen molar-refractivity contribution in [1.29, 1.82) is 0 Å². The summed E-state index contributed by atoms with van der Waals surface area (Å²) in [5, 5.41) is 3.86. The van der Waals surface area contributed by atoms with E-state index in [0.717, 1.165) is 0 Å². The topological polar surface area (TPSA) is 60.9 Å². The van der Waals surface area contributed by atoms with Gasteiger partial charge in [0.2, 0.25) is 0 Å². The van der Waals surface area contributed by atoms with Crippen LogP contribution in [0.5, 0.6) is 0 Å². The molecule has 0 fully saturated rings. The second-order valence-corrected chi connectivity index (χ2v) is 2.56. The van der Waals surface area contributed by atoms with Crippen molar-refractivity contribution in [2.24, 2.45) is 12.8 Å². The molecule has 1 rings (SSSR count). The molecule has 0 saturated carbocycles. The minimum atomic E-state index is -0.445. The Morgan fingerprint density at radius 2 is 2.45 bits per heavy atom. The first-order valence-corrected chi connectivity index (χ1v) is 3.39. The Morgan fingerprint density at radius 1 is 1.82 bits per heavy atom. The van der Waals surface area contributed by atoms with Gasteiger partial charge in [0.1, 0.15) is 0 Å². The summed E-state index contributed by atoms with van der Waals surface area (Å²) >= 11 is 0. The Bertz CT molecular complexity index is 264. The molecule has 1 atom stereocenters. The van der Waals surface area contributed by atoms with Gasteiger partial charge in [-0.25, -0.2) is 0 Å². The number of carbonyl (C=O) groups is 1. The number of nitrogens with zero attached hydrogens (tertiary/aromatic N) is 2. The second kappa shape index (κ2) is 2.84. The van der Waals surface area contributed by atoms with Crippen molar-refractivity contribution >= 4 is 5.78 Å². The highest BCUT2D eigenvalue weighted by Crippen LogP contribution is 1.99. The Morgan fingerprint density at radius 3 is 2.82 bits per heavy atom. The van der Waals surface area contributed by atoms with Crippen molar-refractivity contribution in [3.8, 4) is 0 Å². The van der Waals surface area contributed by atoms with E-state index in [4.69, 9.17) is 5.73 Å². The van der Waals surface area contributed by atoms with Gasteiger partial charge in [-0.2, -0.15) is 5.10 Å². The molecule has 0 spiro atoms. The van der Waals surface area contributed by atoms with Gasteiger partial charge < -0.3 is 5.73 Å². The average molecular weight is 153 g/mol. The largest absolute Gasteiger partial charge is 0.321 e. The van der Waals surface area contributed by atoms with Gasteiger partial charge in [-0.15, -0.1) is 0 Å². The van der Waals surface area contributed by atoms with Gasteiger partial charge >= 0.3 is 0 Å². The molecule has 0 aromatic carbocycles. The number of nitrogens with two attached hydrogens (primary N) is 1. The molecule has 11 heavy (non-hydrogen) atoms. The van der Waals surface area contributed by atoms with Crippen LogP contribution in [0.4, 0.5) is 0 Å². The summed E-state index contributed by atoms with van der Waals surface area (Å²) in [7, 11) is 1.76. The molecule has 1 aromatic rings. The summed E-state index contributed by atoms with van der Waals surface area (Å²) in [6, 6.07) is -0.445. The Labute approximate surface area is 65.0 Å². The lowest BCUT2D eigenvalue weighted by Gasteiger charge is -1.98. The summed E-state index contributed by atoms with van der Waals surface area (Å²) in [5.74, 6) is -0.0712. The van der Waals surface area contributed by atoms with Crippen molar-refractivity contribution in [2.45, 2.75) is 13.0 Å². The van der Waals surface area contributed by atoms with Crippen LogP contribution in [-0.4, -0.2) is 21.6 Å². The highest BCUT2D eigenvalue weighted by molar-refractivity contribution is 5.99. The maximum atomic E-state index is 11.2. The van der Waals surface area contributed by atoms with Crippen LogP contribution < -0.4 is 5.73 Å². The molecule has 0 radical (unpaired) electrons. The van der Waals surface area contributed by atoms with Crippen LogP contribution in [0.15, 0.2) is 12.4 Å². The maximum Gasteiger partial charge on any atom is 0.182 e. The molecule has 0 saturated heterocycles. The third kappa shape index (κ3) is 1.65. The summed E-state index contributed by atoms with van der Waals surface area (Å²) in [6.07, 6.45) is 3.18. The normalized spacial score (nSPS) is 13.0. The van der Waals surface area contributed by atoms with Crippen molar-refractivity contribution in [3.63, 3.8) is 0 Å². The summed E-state index contributed by atoms with van der Waals surface area (Å²) in [5.41, 5.74) is 5.96. The average Bonchev–Trinajstić information content (AvgIpc) is 2.34. The van der Waals surface area contributed by atoms with Crippen molar-refractivity contribution in [1.82, 2.24) is 9.78 Å². The van der Waals surface area contributed by atoms with E-state index in [9.17, 15) is 4.79 Å². The molecule has 1 heterocycles. The van der Waals surface area contributed by atoms with Gasteiger partial charge in [-0.1, -0.05) is 0 Å². The van der Waals surface area contributed by atoms with Crippen LogP contribution in [0, 0.1) is 0 Å². The quantitative estimate of drug-likeness (QED) is 0.606. The zero-order valence-corrected chi connectivity index (χ0v) is 6.61. The first kappa shape index (κ1) is 7.94. The fourth-order valence-corrected chi connectivity index (χ4v) is 0.811. The van der Waals surface area contributed by atoms with E-state index in [-0.39, 0.29) is 5.78 Å². The molecule has 4 nitrogen and oxygen atoms in total. The Hall–Kier alpha value is -1.16. The molecule has 1 aromatic heterocycles. The number of carbonyl (C=O) groups excluding carboxylic acids is 1. The number of ketones is 1. The number of Topliss-reactive ketones (excluding diaryl/α,β-unsaturated/α-hetero) is 1. The van der Waals surface area contributed by atoms with Crippen LogP contribution >= 0.6 is 0 Å². The van der Waals surface area contributed by atoms with Crippen molar-refractivity contribution in [2.75, 3.05) is 0 Å². The predicted octanol–water partition coefficient (Wildman–Crippen LogP) is -0.0500. The van der Waals surface area contributed by atoms with Gasteiger partial charge in [0, 0.05) is 13.2 Å². The number of hydrogen-bond acceptors (Lipinski definition) is 3. The molecular weight excluding hydrogens is 142 g/mol. The molecule has 0 aliphatic carbocycles. The van der Waals surface area contributed by atoms with Crippen LogP contribution in [0.25, 0.3) is 0 Å². The minimum absolute atomic E-state index is 0.0712. The highest BCUT2D eigenvalue weighted by Gasteiger charge is 2.11. The molecule has 0 amide bonds. The van der Waals surface area contributed by atoms with Crippen molar-refractivity contribution in [3.05, 3.63) is 18.0 Å². The fraction of sp³-hybridized carbons (Fsp3) is 0.429. The van der Waals surface area contributed by atoms with E-state index in [1.807, 2.05) is 0 Å². The molecule has 0 bridgehead atoms. The predicted molar refractivity (Wildman–Crippen MR) is 41.2 cm³/mol. The van der Waals surface area contributed by atoms with E-state index < -0.39 is 6.04 Å². The van der Waals surface area contributed by atoms with E-state index in [2.05, 4.69) is 5.10 Å². The molecule has 0 aliphatic heterocycles. The van der Waals surface area contributed by atoms with Gasteiger partial charge in [0.15, 0.2) is 5.78 Å². The highest BCUT2D eigenvalue weighted by atomic mass is 16.1. The fourth-order valence-electron chi connectivity index (χ4n) is 0.811. The Balaban J connectivity index is 2.85. The van der Waals surface area contributed by atoms with Gasteiger partial charge in [0.25, 0.3) is 0 Å². The summed E-state index contributed by atoms with van der Waals surface area (Å²) in [4.78, 5) is 11.2. The van der Waals surface area contributed by atoms with Crippen LogP contribution in [0.1, 0.15) is 17.3 Å². The third-order valence-corrected chi connectivity index (χ3v) is 1.40. The van der Waals surface area contributed by atoms with Crippen LogP contribution in [-0.2, 0) is 7.05 Å². The molecular formula is C7H11N3O. The first-order valence-electron chi connectivity index (χ1n) is 3.39.